The number of hydrogen-bond acceptors (Lipinski definition) is 4. The van der Waals surface area contributed by atoms with Crippen molar-refractivity contribution in [3.05, 3.63) is 18.3 Å². The van der Waals surface area contributed by atoms with Gasteiger partial charge in [-0.15, -0.1) is 0 Å². The van der Waals surface area contributed by atoms with Gasteiger partial charge in [0.05, 0.1) is 19.9 Å². The minimum Gasteiger partial charge on any atom is -0.495 e. The molecule has 1 heterocycles. The predicted octanol–water partition coefficient (Wildman–Crippen LogP) is 1.12. The molecular weight excluding hydrogens is 216 g/mol. The van der Waals surface area contributed by atoms with Gasteiger partial charge in [-0.1, -0.05) is 0 Å². The van der Waals surface area contributed by atoms with Gasteiger partial charge in [0.1, 0.15) is 11.6 Å². The summed E-state index contributed by atoms with van der Waals surface area (Å²) in [6.45, 7) is 0.292. The van der Waals surface area contributed by atoms with Crippen molar-refractivity contribution >= 4 is 5.82 Å². The lowest BCUT2D eigenvalue weighted by atomic mass is 10.4. The maximum absolute atomic E-state index is 12.3. The fraction of sp³-hybridized carbons (Fsp3) is 0.500. The molecule has 16 heavy (non-hydrogen) atoms. The van der Waals surface area contributed by atoms with Crippen LogP contribution in [-0.2, 0) is 0 Å². The number of halogens is 2. The minimum atomic E-state index is -2.41. The summed E-state index contributed by atoms with van der Waals surface area (Å²) < 4.78 is 29.5. The van der Waals surface area contributed by atoms with Crippen molar-refractivity contribution in [2.24, 2.45) is 5.73 Å². The van der Waals surface area contributed by atoms with Crippen molar-refractivity contribution < 1.29 is 13.5 Å². The summed E-state index contributed by atoms with van der Waals surface area (Å²) in [6.07, 6.45) is -0.917. The molecule has 0 unspecified atom stereocenters. The summed E-state index contributed by atoms with van der Waals surface area (Å²) in [4.78, 5) is 5.48. The minimum absolute atomic E-state index is 0.306. The van der Waals surface area contributed by atoms with Gasteiger partial charge in [0, 0.05) is 13.1 Å². The third kappa shape index (κ3) is 3.62. The second-order valence-electron chi connectivity index (χ2n) is 3.18. The van der Waals surface area contributed by atoms with Gasteiger partial charge in [0.25, 0.3) is 6.43 Å². The fourth-order valence-electron chi connectivity index (χ4n) is 1.30. The molecule has 0 saturated carbocycles. The lowest BCUT2D eigenvalue weighted by molar-refractivity contribution is 0.155. The molecule has 0 aliphatic heterocycles. The first kappa shape index (κ1) is 12.6. The molecule has 0 aromatic carbocycles. The molecule has 0 fully saturated rings. The fourth-order valence-corrected chi connectivity index (χ4v) is 1.30. The Hall–Kier alpha value is -1.43. The molecule has 0 aliphatic rings. The summed E-state index contributed by atoms with van der Waals surface area (Å²) in [7, 11) is 1.52. The van der Waals surface area contributed by atoms with E-state index < -0.39 is 6.43 Å². The van der Waals surface area contributed by atoms with E-state index in [1.807, 2.05) is 0 Å². The lowest BCUT2D eigenvalue weighted by Crippen LogP contribution is -2.34. The lowest BCUT2D eigenvalue weighted by Gasteiger charge is -2.22. The third-order valence-corrected chi connectivity index (χ3v) is 2.04. The Labute approximate surface area is 93.0 Å². The van der Waals surface area contributed by atoms with Crippen LogP contribution in [0.5, 0.6) is 5.75 Å². The van der Waals surface area contributed by atoms with E-state index >= 15 is 0 Å². The van der Waals surface area contributed by atoms with Crippen molar-refractivity contribution in [2.45, 2.75) is 6.43 Å². The first-order valence-electron chi connectivity index (χ1n) is 4.90. The highest BCUT2D eigenvalue weighted by atomic mass is 19.3. The van der Waals surface area contributed by atoms with E-state index in [9.17, 15) is 8.78 Å². The van der Waals surface area contributed by atoms with Gasteiger partial charge in [-0.25, -0.2) is 13.8 Å². The number of hydrogen-bond donors (Lipinski definition) is 1. The number of ether oxygens (including phenoxy) is 1. The number of pyridine rings is 1. The largest absolute Gasteiger partial charge is 0.495 e. The van der Waals surface area contributed by atoms with Crippen LogP contribution in [0, 0.1) is 0 Å². The highest BCUT2D eigenvalue weighted by molar-refractivity contribution is 5.40. The molecule has 0 aliphatic carbocycles. The molecule has 1 aromatic heterocycles. The Kier molecular flexibility index (Phi) is 4.91. The van der Waals surface area contributed by atoms with Gasteiger partial charge < -0.3 is 15.4 Å². The van der Waals surface area contributed by atoms with Gasteiger partial charge in [-0.2, -0.15) is 0 Å². The van der Waals surface area contributed by atoms with Crippen LogP contribution in [0.4, 0.5) is 14.6 Å². The molecule has 4 nitrogen and oxygen atoms in total. The average molecular weight is 231 g/mol. The Balaban J connectivity index is 2.75. The summed E-state index contributed by atoms with van der Waals surface area (Å²) in [5.41, 5.74) is 5.36. The summed E-state index contributed by atoms with van der Waals surface area (Å²) in [5.74, 6) is 1.07. The van der Waals surface area contributed by atoms with Crippen molar-refractivity contribution in [3.8, 4) is 5.75 Å². The van der Waals surface area contributed by atoms with E-state index in [0.29, 0.717) is 24.7 Å². The number of nitrogens with zero attached hydrogens (tertiary/aromatic N) is 2. The predicted molar refractivity (Wildman–Crippen MR) is 58.1 cm³/mol. The molecule has 0 spiro atoms. The quantitative estimate of drug-likeness (QED) is 0.797. The summed E-state index contributed by atoms with van der Waals surface area (Å²) in [6, 6.07) is 3.31. The summed E-state index contributed by atoms with van der Waals surface area (Å²) in [5, 5.41) is 0. The van der Waals surface area contributed by atoms with Crippen LogP contribution in [0.25, 0.3) is 0 Å². The molecule has 90 valence electrons. The van der Waals surface area contributed by atoms with Crippen molar-refractivity contribution in [2.75, 3.05) is 31.6 Å². The molecule has 0 atom stereocenters. The average Bonchev–Trinajstić information content (AvgIpc) is 2.28. The molecule has 6 heteroatoms. The highest BCUT2D eigenvalue weighted by Gasteiger charge is 2.13. The zero-order valence-corrected chi connectivity index (χ0v) is 9.07. The van der Waals surface area contributed by atoms with Crippen molar-refractivity contribution in [3.63, 3.8) is 0 Å². The van der Waals surface area contributed by atoms with Crippen LogP contribution in [0.1, 0.15) is 0 Å². The molecule has 1 aromatic rings. The first-order valence-corrected chi connectivity index (χ1v) is 4.90. The highest BCUT2D eigenvalue weighted by Crippen LogP contribution is 2.16. The normalized spacial score (nSPS) is 10.6. The Morgan fingerprint density at radius 2 is 2.25 bits per heavy atom. The van der Waals surface area contributed by atoms with Crippen LogP contribution in [0.2, 0.25) is 0 Å². The maximum atomic E-state index is 12.3. The Bertz CT molecular complexity index is 305. The smallest absolute Gasteiger partial charge is 0.255 e. The van der Waals surface area contributed by atoms with Crippen LogP contribution in [0.15, 0.2) is 18.3 Å². The second-order valence-corrected chi connectivity index (χ2v) is 3.18. The molecule has 0 radical (unpaired) electrons. The van der Waals surface area contributed by atoms with E-state index in [4.69, 9.17) is 10.5 Å². The number of rotatable bonds is 6. The van der Waals surface area contributed by atoms with Crippen molar-refractivity contribution in [1.29, 1.82) is 0 Å². The Morgan fingerprint density at radius 1 is 1.50 bits per heavy atom. The van der Waals surface area contributed by atoms with Crippen LogP contribution in [-0.4, -0.2) is 38.2 Å². The number of aromatic nitrogens is 1. The van der Waals surface area contributed by atoms with Gasteiger partial charge in [-0.3, -0.25) is 0 Å². The van der Waals surface area contributed by atoms with Crippen molar-refractivity contribution in [1.82, 2.24) is 4.98 Å². The zero-order valence-electron chi connectivity index (χ0n) is 9.07. The SMILES string of the molecule is COc1ccc(N(CCN)CC(F)F)nc1. The van der Waals surface area contributed by atoms with E-state index in [-0.39, 0.29) is 6.54 Å². The van der Waals surface area contributed by atoms with E-state index in [1.165, 1.54) is 18.2 Å². The monoisotopic (exact) mass is 231 g/mol. The van der Waals surface area contributed by atoms with Gasteiger partial charge >= 0.3 is 0 Å². The molecular formula is C10H15F2N3O. The summed E-state index contributed by atoms with van der Waals surface area (Å²) >= 11 is 0. The first-order chi connectivity index (χ1) is 7.67. The molecule has 2 N–H and O–H groups in total. The van der Waals surface area contributed by atoms with E-state index in [2.05, 4.69) is 4.98 Å². The third-order valence-electron chi connectivity index (χ3n) is 2.04. The number of methoxy groups -OCH3 is 1. The second kappa shape index (κ2) is 6.22. The standard InChI is InChI=1S/C10H15F2N3O/c1-16-8-2-3-10(14-6-8)15(5-4-13)7-9(11)12/h2-3,6,9H,4-5,7,13H2,1H3. The number of nitrogens with two attached hydrogens (primary N) is 1. The molecule has 0 bridgehead atoms. The molecule has 0 amide bonds. The zero-order chi connectivity index (χ0) is 12.0. The topological polar surface area (TPSA) is 51.4 Å². The van der Waals surface area contributed by atoms with E-state index in [1.54, 1.807) is 12.1 Å². The number of anilines is 1. The van der Waals surface area contributed by atoms with Gasteiger partial charge in [0.2, 0.25) is 0 Å². The number of alkyl halides is 2. The Morgan fingerprint density at radius 3 is 2.69 bits per heavy atom. The van der Waals surface area contributed by atoms with Crippen LogP contribution < -0.4 is 15.4 Å². The van der Waals surface area contributed by atoms with Crippen LogP contribution >= 0.6 is 0 Å². The molecule has 1 rings (SSSR count). The van der Waals surface area contributed by atoms with Gasteiger partial charge in [0.15, 0.2) is 0 Å². The van der Waals surface area contributed by atoms with E-state index in [0.717, 1.165) is 0 Å². The van der Waals surface area contributed by atoms with Crippen LogP contribution in [0.3, 0.4) is 0 Å². The van der Waals surface area contributed by atoms with Gasteiger partial charge in [-0.05, 0) is 12.1 Å². The maximum Gasteiger partial charge on any atom is 0.255 e. The molecule has 0 saturated heterocycles.